The number of rotatable bonds is 0. The van der Waals surface area contributed by atoms with Crippen molar-refractivity contribution >= 4 is 58.0 Å². The Hall–Kier alpha value is 1.15. The van der Waals surface area contributed by atoms with Gasteiger partial charge in [-0.25, -0.2) is 0 Å². The van der Waals surface area contributed by atoms with E-state index in [0.717, 1.165) is 0 Å². The second-order valence-corrected chi connectivity index (χ2v) is 6.72. The summed E-state index contributed by atoms with van der Waals surface area (Å²) >= 11 is 31.6. The highest BCUT2D eigenvalue weighted by Crippen LogP contribution is 2.70. The second-order valence-electron chi connectivity index (χ2n) is 4.28. The Bertz CT molecular complexity index is 338. The third-order valence-electron chi connectivity index (χ3n) is 3.76. The Balaban J connectivity index is 2.23. The molecular formula is C9H7Cl5O. The minimum Gasteiger partial charge on any atom is -0.381 e. The summed E-state index contributed by atoms with van der Waals surface area (Å²) in [5, 5.41) is 0.326. The second kappa shape index (κ2) is 3.13. The van der Waals surface area contributed by atoms with Crippen molar-refractivity contribution in [1.82, 2.24) is 0 Å². The molecule has 1 heterocycles. The van der Waals surface area contributed by atoms with Gasteiger partial charge in [0.25, 0.3) is 0 Å². The lowest BCUT2D eigenvalue weighted by Gasteiger charge is -2.30. The Labute approximate surface area is 113 Å². The molecule has 3 rings (SSSR count). The molecule has 0 spiro atoms. The van der Waals surface area contributed by atoms with E-state index in [9.17, 15) is 0 Å². The van der Waals surface area contributed by atoms with Crippen LogP contribution in [0.15, 0.2) is 10.1 Å². The fraction of sp³-hybridized carbons (Fsp3) is 0.778. The summed E-state index contributed by atoms with van der Waals surface area (Å²) in [4.78, 5) is -1.69. The third kappa shape index (κ3) is 1.00. The topological polar surface area (TPSA) is 9.23 Å². The summed E-state index contributed by atoms with van der Waals surface area (Å²) in [7, 11) is 0. The molecule has 2 fully saturated rings. The molecule has 6 heteroatoms. The maximum absolute atomic E-state index is 6.51. The average Bonchev–Trinajstić information content (AvgIpc) is 2.79. The standard InChI is InChI=1S/C9H7Cl5O/c10-5-6(11)9(14)4-2-15-1-3(4)8(5,13)7(9)12/h3-4,7H,1-2H2/t3-,4+,7?,8-,9+. The summed E-state index contributed by atoms with van der Waals surface area (Å²) in [5.74, 6) is 0.128. The lowest BCUT2D eigenvalue weighted by Crippen LogP contribution is -2.36. The van der Waals surface area contributed by atoms with E-state index in [1.54, 1.807) is 0 Å². The van der Waals surface area contributed by atoms with Crippen LogP contribution in [0.1, 0.15) is 0 Å². The molecule has 2 aliphatic carbocycles. The number of fused-ring (bicyclic) bond motifs is 5. The van der Waals surface area contributed by atoms with Crippen molar-refractivity contribution in [2.45, 2.75) is 15.1 Å². The van der Waals surface area contributed by atoms with Crippen LogP contribution in [0.2, 0.25) is 0 Å². The summed E-state index contributed by atoms with van der Waals surface area (Å²) < 4.78 is 5.40. The van der Waals surface area contributed by atoms with Gasteiger partial charge in [0, 0.05) is 11.8 Å². The molecule has 1 saturated carbocycles. The molecule has 2 bridgehead atoms. The SMILES string of the molecule is ClC1=C(Cl)[C@]2(Cl)C(Cl)[C@@]1(Cl)[C@@H]1COC[C@@H]12. The normalized spacial score (nSPS) is 57.8. The quantitative estimate of drug-likeness (QED) is 0.622. The van der Waals surface area contributed by atoms with E-state index in [0.29, 0.717) is 23.3 Å². The molecule has 1 nitrogen and oxygen atoms in total. The Morgan fingerprint density at radius 3 is 1.80 bits per heavy atom. The third-order valence-corrected chi connectivity index (χ3v) is 7.34. The van der Waals surface area contributed by atoms with Crippen molar-refractivity contribution in [3.63, 3.8) is 0 Å². The van der Waals surface area contributed by atoms with E-state index in [1.807, 2.05) is 0 Å². The average molecular weight is 308 g/mol. The number of hydrogen-bond acceptors (Lipinski definition) is 1. The molecule has 1 aliphatic heterocycles. The lowest BCUT2D eigenvalue weighted by atomic mass is 9.85. The van der Waals surface area contributed by atoms with Gasteiger partial charge in [0.05, 0.1) is 28.7 Å². The zero-order valence-corrected chi connectivity index (χ0v) is 11.2. The van der Waals surface area contributed by atoms with Gasteiger partial charge in [-0.1, -0.05) is 23.2 Å². The first kappa shape index (κ1) is 11.3. The van der Waals surface area contributed by atoms with Gasteiger partial charge in [-0.15, -0.1) is 34.8 Å². The number of allylic oxidation sites excluding steroid dienone is 2. The van der Waals surface area contributed by atoms with Gasteiger partial charge in [0.1, 0.15) is 9.75 Å². The largest absolute Gasteiger partial charge is 0.381 e. The number of halogens is 5. The van der Waals surface area contributed by atoms with Gasteiger partial charge in [0.2, 0.25) is 0 Å². The Morgan fingerprint density at radius 2 is 1.40 bits per heavy atom. The molecule has 0 radical (unpaired) electrons. The van der Waals surface area contributed by atoms with Crippen LogP contribution in [-0.2, 0) is 4.74 Å². The zero-order valence-electron chi connectivity index (χ0n) is 7.44. The van der Waals surface area contributed by atoms with Crippen LogP contribution in [0.3, 0.4) is 0 Å². The van der Waals surface area contributed by atoms with Crippen molar-refractivity contribution in [3.8, 4) is 0 Å². The fourth-order valence-electron chi connectivity index (χ4n) is 2.95. The van der Waals surface area contributed by atoms with Crippen molar-refractivity contribution < 1.29 is 4.74 Å². The van der Waals surface area contributed by atoms with E-state index in [1.165, 1.54) is 0 Å². The van der Waals surface area contributed by atoms with Gasteiger partial charge in [-0.3, -0.25) is 0 Å². The van der Waals surface area contributed by atoms with Crippen molar-refractivity contribution in [1.29, 1.82) is 0 Å². The molecule has 0 aromatic carbocycles. The first-order valence-electron chi connectivity index (χ1n) is 4.61. The van der Waals surface area contributed by atoms with E-state index in [-0.39, 0.29) is 11.8 Å². The minimum absolute atomic E-state index is 0.0640. The van der Waals surface area contributed by atoms with Gasteiger partial charge in [-0.05, 0) is 0 Å². The molecule has 84 valence electrons. The van der Waals surface area contributed by atoms with Crippen LogP contribution in [-0.4, -0.2) is 28.3 Å². The smallest absolute Gasteiger partial charge is 0.105 e. The van der Waals surface area contributed by atoms with E-state index < -0.39 is 15.1 Å². The molecule has 0 aromatic heterocycles. The number of ether oxygens (including phenoxy) is 1. The maximum atomic E-state index is 6.51. The van der Waals surface area contributed by atoms with Gasteiger partial charge < -0.3 is 4.74 Å². The predicted molar refractivity (Wildman–Crippen MR) is 63.3 cm³/mol. The molecule has 1 unspecified atom stereocenters. The number of alkyl halides is 3. The lowest BCUT2D eigenvalue weighted by molar-refractivity contribution is 0.169. The molecular weight excluding hydrogens is 301 g/mol. The monoisotopic (exact) mass is 306 g/mol. The first-order valence-corrected chi connectivity index (χ1v) is 6.55. The van der Waals surface area contributed by atoms with E-state index in [2.05, 4.69) is 0 Å². The number of hydrogen-bond donors (Lipinski definition) is 0. The molecule has 0 amide bonds. The summed E-state index contributed by atoms with van der Waals surface area (Å²) in [6.45, 7) is 1.10. The van der Waals surface area contributed by atoms with Crippen LogP contribution in [0.25, 0.3) is 0 Å². The summed E-state index contributed by atoms with van der Waals surface area (Å²) in [6, 6.07) is 0. The maximum Gasteiger partial charge on any atom is 0.105 e. The fourth-order valence-corrected chi connectivity index (χ4v) is 5.53. The van der Waals surface area contributed by atoms with Crippen LogP contribution in [0.5, 0.6) is 0 Å². The highest BCUT2D eigenvalue weighted by molar-refractivity contribution is 6.55. The molecule has 15 heavy (non-hydrogen) atoms. The highest BCUT2D eigenvalue weighted by Gasteiger charge is 2.75. The zero-order chi connectivity index (χ0) is 11.0. The van der Waals surface area contributed by atoms with Gasteiger partial charge >= 0.3 is 0 Å². The van der Waals surface area contributed by atoms with E-state index in [4.69, 9.17) is 62.7 Å². The first-order chi connectivity index (χ1) is 6.95. The minimum atomic E-state index is -0.844. The molecule has 0 N–H and O–H groups in total. The predicted octanol–water partition coefficient (Wildman–Crippen LogP) is 3.53. The molecule has 3 aliphatic rings. The summed E-state index contributed by atoms with van der Waals surface area (Å²) in [6.07, 6.45) is 0. The highest BCUT2D eigenvalue weighted by atomic mass is 35.5. The van der Waals surface area contributed by atoms with Crippen LogP contribution in [0, 0.1) is 11.8 Å². The molecule has 5 atom stereocenters. The van der Waals surface area contributed by atoms with Crippen molar-refractivity contribution in [2.24, 2.45) is 11.8 Å². The van der Waals surface area contributed by atoms with Crippen LogP contribution >= 0.6 is 58.0 Å². The Morgan fingerprint density at radius 1 is 1.00 bits per heavy atom. The molecule has 1 saturated heterocycles. The van der Waals surface area contributed by atoms with Crippen molar-refractivity contribution in [2.75, 3.05) is 13.2 Å². The molecule has 0 aromatic rings. The van der Waals surface area contributed by atoms with Gasteiger partial charge in [0.15, 0.2) is 0 Å². The van der Waals surface area contributed by atoms with Crippen molar-refractivity contribution in [3.05, 3.63) is 10.1 Å². The van der Waals surface area contributed by atoms with E-state index >= 15 is 0 Å². The van der Waals surface area contributed by atoms with Crippen LogP contribution < -0.4 is 0 Å². The van der Waals surface area contributed by atoms with Crippen LogP contribution in [0.4, 0.5) is 0 Å². The Kier molecular flexibility index (Phi) is 2.35. The van der Waals surface area contributed by atoms with Gasteiger partial charge in [-0.2, -0.15) is 0 Å². The summed E-state index contributed by atoms with van der Waals surface area (Å²) in [5.41, 5.74) is 0.